The molecule has 1 saturated heterocycles. The SMILES string of the molecule is CCNC(O)N1CCN(C)CC1. The zero-order valence-electron chi connectivity index (χ0n) is 7.95. The van der Waals surface area contributed by atoms with Gasteiger partial charge in [0.15, 0.2) is 6.35 Å². The number of hydrogen-bond donors (Lipinski definition) is 2. The Labute approximate surface area is 74.2 Å². The van der Waals surface area contributed by atoms with E-state index in [0.29, 0.717) is 0 Å². The number of aliphatic hydroxyl groups excluding tert-OH is 1. The summed E-state index contributed by atoms with van der Waals surface area (Å²) in [5.74, 6) is 0. The fraction of sp³-hybridized carbons (Fsp3) is 1.00. The molecule has 1 fully saturated rings. The molecule has 2 N–H and O–H groups in total. The van der Waals surface area contributed by atoms with Gasteiger partial charge in [-0.25, -0.2) is 0 Å². The third kappa shape index (κ3) is 2.71. The molecule has 0 bridgehead atoms. The van der Waals surface area contributed by atoms with Crippen LogP contribution in [-0.4, -0.2) is 61.0 Å². The number of rotatable bonds is 3. The number of piperazine rings is 1. The molecule has 0 aromatic carbocycles. The molecule has 1 aliphatic heterocycles. The van der Waals surface area contributed by atoms with Crippen LogP contribution < -0.4 is 5.32 Å². The molecule has 1 heterocycles. The molecule has 1 aliphatic rings. The molecule has 1 atom stereocenters. The molecule has 0 aromatic rings. The molecule has 0 radical (unpaired) electrons. The van der Waals surface area contributed by atoms with Crippen LogP contribution in [0.2, 0.25) is 0 Å². The van der Waals surface area contributed by atoms with E-state index in [0.717, 1.165) is 32.7 Å². The molecule has 0 aliphatic carbocycles. The summed E-state index contributed by atoms with van der Waals surface area (Å²) >= 11 is 0. The van der Waals surface area contributed by atoms with E-state index in [1.807, 2.05) is 6.92 Å². The first-order valence-corrected chi connectivity index (χ1v) is 4.58. The van der Waals surface area contributed by atoms with Crippen LogP contribution >= 0.6 is 0 Å². The minimum atomic E-state index is -0.455. The Hall–Kier alpha value is -0.160. The Morgan fingerprint density at radius 1 is 1.33 bits per heavy atom. The lowest BCUT2D eigenvalue weighted by Gasteiger charge is -2.35. The van der Waals surface area contributed by atoms with Crippen LogP contribution in [0.25, 0.3) is 0 Å². The third-order valence-corrected chi connectivity index (χ3v) is 2.27. The van der Waals surface area contributed by atoms with Crippen molar-refractivity contribution in [1.29, 1.82) is 0 Å². The van der Waals surface area contributed by atoms with Crippen molar-refractivity contribution in [2.45, 2.75) is 13.3 Å². The number of nitrogens with one attached hydrogen (secondary N) is 1. The van der Waals surface area contributed by atoms with Crippen LogP contribution in [0.5, 0.6) is 0 Å². The van der Waals surface area contributed by atoms with Crippen molar-refractivity contribution in [2.75, 3.05) is 39.8 Å². The van der Waals surface area contributed by atoms with Crippen LogP contribution in [0.4, 0.5) is 0 Å². The van der Waals surface area contributed by atoms with Gasteiger partial charge < -0.3 is 10.0 Å². The molecule has 0 amide bonds. The van der Waals surface area contributed by atoms with E-state index in [-0.39, 0.29) is 0 Å². The van der Waals surface area contributed by atoms with Crippen LogP contribution in [0.15, 0.2) is 0 Å². The molecule has 12 heavy (non-hydrogen) atoms. The predicted octanol–water partition coefficient (Wildman–Crippen LogP) is -0.881. The monoisotopic (exact) mass is 173 g/mol. The molecule has 4 heteroatoms. The standard InChI is InChI=1S/C8H19N3O/c1-3-9-8(12)11-6-4-10(2)5-7-11/h8-9,12H,3-7H2,1-2H3. The summed E-state index contributed by atoms with van der Waals surface area (Å²) in [7, 11) is 2.11. The van der Waals surface area contributed by atoms with Gasteiger partial charge in [-0.3, -0.25) is 10.2 Å². The van der Waals surface area contributed by atoms with Gasteiger partial charge >= 0.3 is 0 Å². The number of hydrogen-bond acceptors (Lipinski definition) is 4. The van der Waals surface area contributed by atoms with Gasteiger partial charge in [0, 0.05) is 26.2 Å². The normalized spacial score (nSPS) is 24.2. The van der Waals surface area contributed by atoms with Gasteiger partial charge in [0.1, 0.15) is 0 Å². The lowest BCUT2D eigenvalue weighted by molar-refractivity contribution is -0.0417. The number of nitrogens with zero attached hydrogens (tertiary/aromatic N) is 2. The average Bonchev–Trinajstić information content (AvgIpc) is 2.06. The zero-order chi connectivity index (χ0) is 8.97. The van der Waals surface area contributed by atoms with Gasteiger partial charge in [-0.05, 0) is 13.6 Å². The van der Waals surface area contributed by atoms with Crippen LogP contribution in [0.1, 0.15) is 6.92 Å². The molecule has 72 valence electrons. The topological polar surface area (TPSA) is 38.7 Å². The van der Waals surface area contributed by atoms with E-state index < -0.39 is 6.35 Å². The minimum absolute atomic E-state index is 0.455. The largest absolute Gasteiger partial charge is 0.365 e. The summed E-state index contributed by atoms with van der Waals surface area (Å²) in [6.45, 7) is 6.80. The minimum Gasteiger partial charge on any atom is -0.365 e. The highest BCUT2D eigenvalue weighted by atomic mass is 16.3. The molecular weight excluding hydrogens is 154 g/mol. The Kier molecular flexibility index (Phi) is 3.94. The zero-order valence-corrected chi connectivity index (χ0v) is 7.95. The molecule has 0 saturated carbocycles. The smallest absolute Gasteiger partial charge is 0.163 e. The summed E-state index contributed by atoms with van der Waals surface area (Å²) in [6.07, 6.45) is -0.455. The average molecular weight is 173 g/mol. The molecule has 0 aromatic heterocycles. The highest BCUT2D eigenvalue weighted by Gasteiger charge is 2.18. The van der Waals surface area contributed by atoms with Crippen LogP contribution in [0, 0.1) is 0 Å². The summed E-state index contributed by atoms with van der Waals surface area (Å²) in [5.41, 5.74) is 0. The summed E-state index contributed by atoms with van der Waals surface area (Å²) in [5, 5.41) is 12.5. The van der Waals surface area contributed by atoms with Gasteiger partial charge in [-0.2, -0.15) is 0 Å². The molecule has 0 spiro atoms. The Morgan fingerprint density at radius 3 is 2.42 bits per heavy atom. The maximum Gasteiger partial charge on any atom is 0.163 e. The van der Waals surface area contributed by atoms with E-state index in [1.165, 1.54) is 0 Å². The Bertz CT molecular complexity index is 123. The first-order valence-electron chi connectivity index (χ1n) is 4.58. The van der Waals surface area contributed by atoms with Gasteiger partial charge in [0.05, 0.1) is 0 Å². The fourth-order valence-corrected chi connectivity index (χ4v) is 1.38. The second kappa shape index (κ2) is 4.77. The quantitative estimate of drug-likeness (QED) is 0.544. The lowest BCUT2D eigenvalue weighted by Crippen LogP contribution is -2.53. The van der Waals surface area contributed by atoms with E-state index in [1.54, 1.807) is 0 Å². The van der Waals surface area contributed by atoms with Crippen molar-refractivity contribution >= 4 is 0 Å². The maximum absolute atomic E-state index is 9.56. The molecule has 4 nitrogen and oxygen atoms in total. The van der Waals surface area contributed by atoms with Crippen molar-refractivity contribution in [3.8, 4) is 0 Å². The van der Waals surface area contributed by atoms with E-state index in [9.17, 15) is 5.11 Å². The fourth-order valence-electron chi connectivity index (χ4n) is 1.38. The highest BCUT2D eigenvalue weighted by molar-refractivity contribution is 4.70. The first-order chi connectivity index (χ1) is 5.74. The number of aliphatic hydroxyl groups is 1. The van der Waals surface area contributed by atoms with E-state index in [4.69, 9.17) is 0 Å². The Morgan fingerprint density at radius 2 is 1.92 bits per heavy atom. The maximum atomic E-state index is 9.56. The summed E-state index contributed by atoms with van der Waals surface area (Å²) in [4.78, 5) is 4.33. The summed E-state index contributed by atoms with van der Waals surface area (Å²) in [6, 6.07) is 0. The molecule has 1 rings (SSSR count). The van der Waals surface area contributed by atoms with Crippen LogP contribution in [-0.2, 0) is 0 Å². The second-order valence-electron chi connectivity index (χ2n) is 3.27. The van der Waals surface area contributed by atoms with Crippen molar-refractivity contribution in [2.24, 2.45) is 0 Å². The van der Waals surface area contributed by atoms with Crippen molar-refractivity contribution in [3.63, 3.8) is 0 Å². The first kappa shape index (κ1) is 9.92. The van der Waals surface area contributed by atoms with E-state index >= 15 is 0 Å². The third-order valence-electron chi connectivity index (χ3n) is 2.27. The van der Waals surface area contributed by atoms with Crippen molar-refractivity contribution in [3.05, 3.63) is 0 Å². The molecule has 1 unspecified atom stereocenters. The van der Waals surface area contributed by atoms with Crippen molar-refractivity contribution < 1.29 is 5.11 Å². The van der Waals surface area contributed by atoms with Gasteiger partial charge in [-0.15, -0.1) is 0 Å². The van der Waals surface area contributed by atoms with E-state index in [2.05, 4.69) is 22.2 Å². The second-order valence-corrected chi connectivity index (χ2v) is 3.27. The van der Waals surface area contributed by atoms with Gasteiger partial charge in [0.25, 0.3) is 0 Å². The van der Waals surface area contributed by atoms with Gasteiger partial charge in [0.2, 0.25) is 0 Å². The lowest BCUT2D eigenvalue weighted by atomic mass is 10.3. The predicted molar refractivity (Wildman–Crippen MR) is 48.8 cm³/mol. The van der Waals surface area contributed by atoms with Gasteiger partial charge in [-0.1, -0.05) is 6.92 Å². The number of likely N-dealkylation sites (N-methyl/N-ethyl adjacent to an activating group) is 1. The van der Waals surface area contributed by atoms with Crippen molar-refractivity contribution in [1.82, 2.24) is 15.1 Å². The summed E-state index contributed by atoms with van der Waals surface area (Å²) < 4.78 is 0. The molecular formula is C8H19N3O. The van der Waals surface area contributed by atoms with Crippen LogP contribution in [0.3, 0.4) is 0 Å². The highest BCUT2D eigenvalue weighted by Crippen LogP contribution is 2.00. The Balaban J connectivity index is 2.24.